The number of benzene rings is 1. The molecule has 118 valence electrons. The van der Waals surface area contributed by atoms with Gasteiger partial charge >= 0.3 is 0 Å². The Bertz CT molecular complexity index is 588. The fraction of sp³-hybridized carbons (Fsp3) is 0.600. The standard InChI is InChI=1S/C15H24N2O3S/c1-12-9-10-16(3)14-7-5-6-8-15(14)17(12)21(18,19)11-13(2)20-4/h5-8,12-13H,9-11H2,1-4H3/t12-,13-/m1/s1. The SMILES string of the molecule is CO[C@H](C)CS(=O)(=O)N1c2ccccc2N(C)CC[C@H]1C. The zero-order chi connectivity index (χ0) is 15.6. The van der Waals surface area contributed by atoms with Crippen molar-refractivity contribution in [2.75, 3.05) is 35.7 Å². The molecule has 21 heavy (non-hydrogen) atoms. The number of hydrogen-bond acceptors (Lipinski definition) is 4. The van der Waals surface area contributed by atoms with Crippen LogP contribution in [-0.2, 0) is 14.8 Å². The van der Waals surface area contributed by atoms with E-state index in [1.165, 1.54) is 7.11 Å². The van der Waals surface area contributed by atoms with Crippen molar-refractivity contribution in [2.45, 2.75) is 32.4 Å². The second-order valence-electron chi connectivity index (χ2n) is 5.67. The lowest BCUT2D eigenvalue weighted by Crippen LogP contribution is -2.42. The van der Waals surface area contributed by atoms with E-state index >= 15 is 0 Å². The molecule has 5 nitrogen and oxygen atoms in total. The van der Waals surface area contributed by atoms with E-state index in [4.69, 9.17) is 4.74 Å². The topological polar surface area (TPSA) is 49.9 Å². The number of nitrogens with zero attached hydrogens (tertiary/aromatic N) is 2. The molecule has 0 aliphatic carbocycles. The third-order valence-electron chi connectivity index (χ3n) is 3.96. The van der Waals surface area contributed by atoms with Crippen LogP contribution in [0.3, 0.4) is 0 Å². The summed E-state index contributed by atoms with van der Waals surface area (Å²) in [5, 5.41) is 0. The Morgan fingerprint density at radius 1 is 1.33 bits per heavy atom. The van der Waals surface area contributed by atoms with Crippen LogP contribution in [0.15, 0.2) is 24.3 Å². The molecular formula is C15H24N2O3S. The Hall–Kier alpha value is -1.27. The Balaban J connectivity index is 2.47. The van der Waals surface area contributed by atoms with Crippen molar-refractivity contribution in [2.24, 2.45) is 0 Å². The molecule has 1 heterocycles. The number of ether oxygens (including phenoxy) is 1. The molecule has 1 aliphatic heterocycles. The summed E-state index contributed by atoms with van der Waals surface area (Å²) in [4.78, 5) is 2.11. The maximum absolute atomic E-state index is 12.8. The van der Waals surface area contributed by atoms with Crippen LogP contribution in [0.1, 0.15) is 20.3 Å². The van der Waals surface area contributed by atoms with Crippen molar-refractivity contribution in [3.05, 3.63) is 24.3 Å². The minimum Gasteiger partial charge on any atom is -0.381 e. The summed E-state index contributed by atoms with van der Waals surface area (Å²) in [6, 6.07) is 7.60. The predicted octanol–water partition coefficient (Wildman–Crippen LogP) is 2.09. The lowest BCUT2D eigenvalue weighted by molar-refractivity contribution is 0.136. The van der Waals surface area contributed by atoms with Crippen molar-refractivity contribution in [3.8, 4) is 0 Å². The maximum atomic E-state index is 12.8. The highest BCUT2D eigenvalue weighted by molar-refractivity contribution is 7.92. The van der Waals surface area contributed by atoms with Crippen LogP contribution in [0.5, 0.6) is 0 Å². The Labute approximate surface area is 127 Å². The van der Waals surface area contributed by atoms with Gasteiger partial charge in [-0.1, -0.05) is 12.1 Å². The molecule has 6 heteroatoms. The molecule has 1 aromatic carbocycles. The van der Waals surface area contributed by atoms with Crippen LogP contribution in [0.2, 0.25) is 0 Å². The van der Waals surface area contributed by atoms with Gasteiger partial charge in [-0.2, -0.15) is 0 Å². The summed E-state index contributed by atoms with van der Waals surface area (Å²) >= 11 is 0. The normalized spacial score (nSPS) is 20.9. The van der Waals surface area contributed by atoms with Crippen molar-refractivity contribution in [3.63, 3.8) is 0 Å². The maximum Gasteiger partial charge on any atom is 0.238 e. The number of fused-ring (bicyclic) bond motifs is 1. The molecule has 0 aromatic heterocycles. The highest BCUT2D eigenvalue weighted by Gasteiger charge is 2.33. The van der Waals surface area contributed by atoms with E-state index in [0.29, 0.717) is 0 Å². The number of hydrogen-bond donors (Lipinski definition) is 0. The average molecular weight is 312 g/mol. The molecule has 0 spiro atoms. The van der Waals surface area contributed by atoms with E-state index in [0.717, 1.165) is 24.3 Å². The van der Waals surface area contributed by atoms with Crippen molar-refractivity contribution < 1.29 is 13.2 Å². The first-order chi connectivity index (χ1) is 9.86. The summed E-state index contributed by atoms with van der Waals surface area (Å²) in [5.41, 5.74) is 1.71. The summed E-state index contributed by atoms with van der Waals surface area (Å²) in [6.07, 6.45) is 0.474. The number of rotatable bonds is 4. The lowest BCUT2D eigenvalue weighted by atomic mass is 10.2. The summed E-state index contributed by atoms with van der Waals surface area (Å²) in [7, 11) is 0.113. The van der Waals surface area contributed by atoms with Crippen LogP contribution in [0.4, 0.5) is 11.4 Å². The second kappa shape index (κ2) is 6.23. The van der Waals surface area contributed by atoms with Gasteiger partial charge in [0.15, 0.2) is 0 Å². The minimum absolute atomic E-state index is 0.00805. The quantitative estimate of drug-likeness (QED) is 0.854. The first-order valence-electron chi connectivity index (χ1n) is 7.22. The Kier molecular flexibility index (Phi) is 4.78. The van der Waals surface area contributed by atoms with E-state index < -0.39 is 10.0 Å². The van der Waals surface area contributed by atoms with Crippen molar-refractivity contribution >= 4 is 21.4 Å². The molecule has 0 saturated carbocycles. The lowest BCUT2D eigenvalue weighted by Gasteiger charge is -2.30. The Morgan fingerprint density at radius 2 is 1.95 bits per heavy atom. The smallest absolute Gasteiger partial charge is 0.238 e. The van der Waals surface area contributed by atoms with E-state index in [-0.39, 0.29) is 17.9 Å². The molecule has 0 radical (unpaired) electrons. The molecule has 0 saturated heterocycles. The van der Waals surface area contributed by atoms with Gasteiger partial charge in [-0.15, -0.1) is 0 Å². The van der Waals surface area contributed by atoms with Crippen LogP contribution < -0.4 is 9.21 Å². The van der Waals surface area contributed by atoms with Crippen LogP contribution in [0.25, 0.3) is 0 Å². The highest BCUT2D eigenvalue weighted by atomic mass is 32.2. The minimum atomic E-state index is -3.42. The zero-order valence-corrected chi connectivity index (χ0v) is 13.9. The third-order valence-corrected chi connectivity index (χ3v) is 6.01. The molecule has 1 aromatic rings. The van der Waals surface area contributed by atoms with Gasteiger partial charge in [0.1, 0.15) is 0 Å². The molecule has 1 aliphatic rings. The van der Waals surface area contributed by atoms with E-state index in [9.17, 15) is 8.42 Å². The van der Waals surface area contributed by atoms with Gasteiger partial charge in [0, 0.05) is 26.7 Å². The van der Waals surface area contributed by atoms with Crippen LogP contribution in [-0.4, -0.2) is 47.0 Å². The summed E-state index contributed by atoms with van der Waals surface area (Å²) in [5.74, 6) is -0.00805. The molecule has 2 rings (SSSR count). The van der Waals surface area contributed by atoms with Gasteiger partial charge in [-0.3, -0.25) is 4.31 Å². The van der Waals surface area contributed by atoms with E-state index in [1.54, 1.807) is 11.2 Å². The van der Waals surface area contributed by atoms with Gasteiger partial charge in [-0.25, -0.2) is 8.42 Å². The monoisotopic (exact) mass is 312 g/mol. The molecular weight excluding hydrogens is 288 g/mol. The van der Waals surface area contributed by atoms with Crippen molar-refractivity contribution in [1.29, 1.82) is 0 Å². The first kappa shape index (κ1) is 16.1. The number of methoxy groups -OCH3 is 1. The zero-order valence-electron chi connectivity index (χ0n) is 13.1. The van der Waals surface area contributed by atoms with Crippen LogP contribution in [0, 0.1) is 0 Å². The van der Waals surface area contributed by atoms with Gasteiger partial charge in [0.25, 0.3) is 0 Å². The van der Waals surface area contributed by atoms with Gasteiger partial charge in [0.05, 0.1) is 23.2 Å². The predicted molar refractivity (Wildman–Crippen MR) is 86.5 cm³/mol. The fourth-order valence-corrected chi connectivity index (χ4v) is 4.70. The second-order valence-corrected chi connectivity index (χ2v) is 7.56. The summed E-state index contributed by atoms with van der Waals surface area (Å²) < 4.78 is 32.3. The molecule has 0 bridgehead atoms. The number of para-hydroxylation sites is 2. The van der Waals surface area contributed by atoms with Gasteiger partial charge < -0.3 is 9.64 Å². The Morgan fingerprint density at radius 3 is 2.57 bits per heavy atom. The van der Waals surface area contributed by atoms with Crippen molar-refractivity contribution in [1.82, 2.24) is 0 Å². The molecule has 0 unspecified atom stereocenters. The average Bonchev–Trinajstić information content (AvgIpc) is 2.56. The largest absolute Gasteiger partial charge is 0.381 e. The number of anilines is 2. The highest BCUT2D eigenvalue weighted by Crippen LogP contribution is 2.35. The third kappa shape index (κ3) is 3.32. The fourth-order valence-electron chi connectivity index (χ4n) is 2.70. The summed E-state index contributed by atoms with van der Waals surface area (Å²) in [6.45, 7) is 4.58. The molecule has 2 atom stereocenters. The van der Waals surface area contributed by atoms with E-state index in [2.05, 4.69) is 4.90 Å². The van der Waals surface area contributed by atoms with E-state index in [1.807, 2.05) is 38.2 Å². The number of sulfonamides is 1. The molecule has 0 fully saturated rings. The van der Waals surface area contributed by atoms with Gasteiger partial charge in [0.2, 0.25) is 10.0 Å². The van der Waals surface area contributed by atoms with Crippen LogP contribution >= 0.6 is 0 Å². The first-order valence-corrected chi connectivity index (χ1v) is 8.83. The molecule has 0 amide bonds. The molecule has 0 N–H and O–H groups in total. The van der Waals surface area contributed by atoms with Gasteiger partial charge in [-0.05, 0) is 32.4 Å².